The molecule has 0 bridgehead atoms. The molecule has 1 aromatic rings. The summed E-state index contributed by atoms with van der Waals surface area (Å²) in [6.07, 6.45) is 0. The maximum absolute atomic E-state index is 11.7. The molecular formula is C16H24N2O2S. The first-order valence-electron chi connectivity index (χ1n) is 7.14. The Morgan fingerprint density at radius 3 is 2.48 bits per heavy atom. The van der Waals surface area contributed by atoms with Gasteiger partial charge in [0.25, 0.3) is 0 Å². The quantitative estimate of drug-likeness (QED) is 0.600. The minimum atomic E-state index is -0.0273. The number of carbonyl (C=O) groups is 2. The van der Waals surface area contributed by atoms with Gasteiger partial charge in [-0.3, -0.25) is 9.59 Å². The zero-order valence-electron chi connectivity index (χ0n) is 13.2. The van der Waals surface area contributed by atoms with Gasteiger partial charge in [-0.15, -0.1) is 11.8 Å². The molecule has 0 atom stereocenters. The molecule has 4 nitrogen and oxygen atoms in total. The minimum Gasteiger partial charge on any atom is -0.354 e. The molecule has 5 heteroatoms. The van der Waals surface area contributed by atoms with Crippen molar-refractivity contribution in [2.75, 3.05) is 18.8 Å². The van der Waals surface area contributed by atoms with Crippen LogP contribution < -0.4 is 10.6 Å². The van der Waals surface area contributed by atoms with Gasteiger partial charge >= 0.3 is 0 Å². The van der Waals surface area contributed by atoms with Crippen LogP contribution in [-0.2, 0) is 9.59 Å². The maximum atomic E-state index is 11.7. The summed E-state index contributed by atoms with van der Waals surface area (Å²) >= 11 is 1.54. The number of nitrogens with one attached hydrogen (secondary N) is 2. The highest BCUT2D eigenvalue weighted by atomic mass is 32.2. The van der Waals surface area contributed by atoms with Gasteiger partial charge in [0.15, 0.2) is 0 Å². The molecule has 1 aromatic carbocycles. The first kappa shape index (κ1) is 17.6. The van der Waals surface area contributed by atoms with E-state index < -0.39 is 0 Å². The maximum Gasteiger partial charge on any atom is 0.230 e. The summed E-state index contributed by atoms with van der Waals surface area (Å²) < 4.78 is 0. The van der Waals surface area contributed by atoms with Gasteiger partial charge in [0.1, 0.15) is 0 Å². The fraction of sp³-hybridized carbons (Fsp3) is 0.500. The first-order chi connectivity index (χ1) is 9.90. The number of amides is 2. The van der Waals surface area contributed by atoms with Crippen molar-refractivity contribution >= 4 is 23.6 Å². The number of benzene rings is 1. The Kier molecular flexibility index (Phi) is 7.29. The van der Waals surface area contributed by atoms with E-state index in [1.54, 1.807) is 0 Å². The minimum absolute atomic E-state index is 0.00834. The summed E-state index contributed by atoms with van der Waals surface area (Å²) in [5.41, 5.74) is 2.38. The molecule has 1 rings (SSSR count). The van der Waals surface area contributed by atoms with Crippen molar-refractivity contribution in [2.24, 2.45) is 5.92 Å². The first-order valence-corrected chi connectivity index (χ1v) is 8.13. The largest absolute Gasteiger partial charge is 0.354 e. The van der Waals surface area contributed by atoms with Gasteiger partial charge in [-0.25, -0.2) is 0 Å². The molecule has 0 spiro atoms. The summed E-state index contributed by atoms with van der Waals surface area (Å²) in [6.45, 7) is 8.70. The number of hydrogen-bond donors (Lipinski definition) is 2. The van der Waals surface area contributed by atoms with E-state index in [4.69, 9.17) is 0 Å². The van der Waals surface area contributed by atoms with Crippen LogP contribution >= 0.6 is 11.8 Å². The van der Waals surface area contributed by atoms with E-state index in [9.17, 15) is 9.59 Å². The summed E-state index contributed by atoms with van der Waals surface area (Å²) in [7, 11) is 0. The summed E-state index contributed by atoms with van der Waals surface area (Å²) in [4.78, 5) is 24.2. The van der Waals surface area contributed by atoms with Crippen LogP contribution in [0.2, 0.25) is 0 Å². The van der Waals surface area contributed by atoms with E-state index >= 15 is 0 Å². The predicted molar refractivity (Wildman–Crippen MR) is 87.5 cm³/mol. The monoisotopic (exact) mass is 308 g/mol. The third-order valence-corrected chi connectivity index (χ3v) is 4.13. The van der Waals surface area contributed by atoms with Crippen molar-refractivity contribution in [2.45, 2.75) is 32.6 Å². The second-order valence-corrected chi connectivity index (χ2v) is 6.37. The van der Waals surface area contributed by atoms with Crippen LogP contribution in [0.5, 0.6) is 0 Å². The highest BCUT2D eigenvalue weighted by molar-refractivity contribution is 8.00. The molecule has 0 saturated heterocycles. The Hall–Kier alpha value is -1.49. The fourth-order valence-electron chi connectivity index (χ4n) is 1.65. The summed E-state index contributed by atoms with van der Waals surface area (Å²) in [5.74, 6) is 0.358. The third kappa shape index (κ3) is 6.67. The van der Waals surface area contributed by atoms with E-state index in [2.05, 4.69) is 28.8 Å². The Labute approximate surface area is 131 Å². The second-order valence-electron chi connectivity index (χ2n) is 5.35. The third-order valence-electron chi connectivity index (χ3n) is 2.97. The SMILES string of the molecule is Cc1ccc(C)c(SCC(=O)NCCNC(=O)C(C)C)c1. The molecule has 116 valence electrons. The highest BCUT2D eigenvalue weighted by Gasteiger charge is 2.07. The predicted octanol–water partition coefficient (Wildman–Crippen LogP) is 2.28. The zero-order valence-corrected chi connectivity index (χ0v) is 14.0. The normalized spacial score (nSPS) is 10.5. The number of carbonyl (C=O) groups excluding carboxylic acids is 2. The molecular weight excluding hydrogens is 284 g/mol. The van der Waals surface area contributed by atoms with Gasteiger partial charge in [-0.2, -0.15) is 0 Å². The lowest BCUT2D eigenvalue weighted by molar-refractivity contribution is -0.124. The average Bonchev–Trinajstić information content (AvgIpc) is 2.44. The lowest BCUT2D eigenvalue weighted by atomic mass is 10.2. The smallest absolute Gasteiger partial charge is 0.230 e. The van der Waals surface area contributed by atoms with Gasteiger partial charge in [0, 0.05) is 23.9 Å². The molecule has 0 saturated carbocycles. The molecule has 0 aliphatic heterocycles. The van der Waals surface area contributed by atoms with Crippen LogP contribution in [0.4, 0.5) is 0 Å². The van der Waals surface area contributed by atoms with E-state index in [0.29, 0.717) is 18.8 Å². The van der Waals surface area contributed by atoms with Crippen LogP contribution in [0.1, 0.15) is 25.0 Å². The lowest BCUT2D eigenvalue weighted by Crippen LogP contribution is -2.36. The molecule has 0 radical (unpaired) electrons. The van der Waals surface area contributed by atoms with Crippen molar-refractivity contribution in [3.8, 4) is 0 Å². The summed E-state index contributed by atoms with van der Waals surface area (Å²) in [5, 5.41) is 5.57. The van der Waals surface area contributed by atoms with Crippen LogP contribution in [0.25, 0.3) is 0 Å². The lowest BCUT2D eigenvalue weighted by Gasteiger charge is -2.09. The Morgan fingerprint density at radius 1 is 1.14 bits per heavy atom. The molecule has 0 unspecified atom stereocenters. The number of aryl methyl sites for hydroxylation is 2. The standard InChI is InChI=1S/C16H24N2O2S/c1-11(2)16(20)18-8-7-17-15(19)10-21-14-9-12(3)5-6-13(14)4/h5-6,9,11H,7-8,10H2,1-4H3,(H,17,19)(H,18,20). The number of rotatable bonds is 7. The molecule has 0 aliphatic carbocycles. The molecule has 0 heterocycles. The van der Waals surface area contributed by atoms with Crippen molar-refractivity contribution in [1.29, 1.82) is 0 Å². The molecule has 0 aromatic heterocycles. The van der Waals surface area contributed by atoms with E-state index in [1.807, 2.05) is 27.7 Å². The number of hydrogen-bond acceptors (Lipinski definition) is 3. The molecule has 2 N–H and O–H groups in total. The highest BCUT2D eigenvalue weighted by Crippen LogP contribution is 2.23. The fourth-order valence-corrected chi connectivity index (χ4v) is 2.60. The van der Waals surface area contributed by atoms with Crippen molar-refractivity contribution < 1.29 is 9.59 Å². The van der Waals surface area contributed by atoms with Gasteiger partial charge in [0.05, 0.1) is 5.75 Å². The molecule has 0 aliphatic rings. The van der Waals surface area contributed by atoms with Crippen LogP contribution in [0, 0.1) is 19.8 Å². The number of thioether (sulfide) groups is 1. The molecule has 2 amide bonds. The Bertz CT molecular complexity index is 501. The second kappa shape index (κ2) is 8.72. The van der Waals surface area contributed by atoms with E-state index in [0.717, 1.165) is 4.90 Å². The van der Waals surface area contributed by atoms with Crippen molar-refractivity contribution in [3.05, 3.63) is 29.3 Å². The molecule has 0 fully saturated rings. The summed E-state index contributed by atoms with van der Waals surface area (Å²) in [6, 6.07) is 6.23. The topological polar surface area (TPSA) is 58.2 Å². The van der Waals surface area contributed by atoms with Crippen molar-refractivity contribution in [1.82, 2.24) is 10.6 Å². The van der Waals surface area contributed by atoms with Gasteiger partial charge < -0.3 is 10.6 Å². The van der Waals surface area contributed by atoms with E-state index in [1.165, 1.54) is 22.9 Å². The Morgan fingerprint density at radius 2 is 1.81 bits per heavy atom. The average molecular weight is 308 g/mol. The molecule has 21 heavy (non-hydrogen) atoms. The van der Waals surface area contributed by atoms with Crippen LogP contribution in [0.3, 0.4) is 0 Å². The van der Waals surface area contributed by atoms with Gasteiger partial charge in [0.2, 0.25) is 11.8 Å². The van der Waals surface area contributed by atoms with Crippen LogP contribution in [0.15, 0.2) is 23.1 Å². The van der Waals surface area contributed by atoms with E-state index in [-0.39, 0.29) is 17.7 Å². The van der Waals surface area contributed by atoms with Gasteiger partial charge in [-0.05, 0) is 25.5 Å². The van der Waals surface area contributed by atoms with Crippen molar-refractivity contribution in [3.63, 3.8) is 0 Å². The zero-order chi connectivity index (χ0) is 15.8. The van der Waals surface area contributed by atoms with Gasteiger partial charge in [-0.1, -0.05) is 31.5 Å². The Balaban J connectivity index is 2.25. The van der Waals surface area contributed by atoms with Crippen LogP contribution in [-0.4, -0.2) is 30.7 Å².